The molecular weight excluding hydrogens is 152 g/mol. The Morgan fingerprint density at radius 2 is 1.92 bits per heavy atom. The lowest BCUT2D eigenvalue weighted by Crippen LogP contribution is -2.13. The van der Waals surface area contributed by atoms with Gasteiger partial charge in [-0.1, -0.05) is 36.9 Å². The summed E-state index contributed by atoms with van der Waals surface area (Å²) < 4.78 is 0. The van der Waals surface area contributed by atoms with Crippen LogP contribution in [0.1, 0.15) is 5.56 Å². The highest BCUT2D eigenvalue weighted by molar-refractivity contribution is 5.66. The van der Waals surface area contributed by atoms with Crippen molar-refractivity contribution < 1.29 is 10.2 Å². The Kier molecular flexibility index (Phi) is 3.02. The second-order valence-electron chi connectivity index (χ2n) is 2.59. The van der Waals surface area contributed by atoms with E-state index >= 15 is 0 Å². The van der Waals surface area contributed by atoms with Gasteiger partial charge < -0.3 is 10.2 Å². The van der Waals surface area contributed by atoms with Crippen molar-refractivity contribution in [2.75, 3.05) is 6.61 Å². The quantitative estimate of drug-likeness (QED) is 0.701. The van der Waals surface area contributed by atoms with Crippen molar-refractivity contribution in [2.24, 2.45) is 0 Å². The summed E-state index contributed by atoms with van der Waals surface area (Å²) in [4.78, 5) is 0. The predicted molar refractivity (Wildman–Crippen MR) is 48.6 cm³/mol. The van der Waals surface area contributed by atoms with Gasteiger partial charge in [0.05, 0.1) is 6.61 Å². The first-order valence-corrected chi connectivity index (χ1v) is 3.79. The molecule has 1 aromatic rings. The Labute approximate surface area is 71.8 Å². The minimum absolute atomic E-state index is 0.284. The number of aliphatic hydroxyl groups excluding tert-OH is 2. The smallest absolute Gasteiger partial charge is 0.102 e. The fourth-order valence-corrected chi connectivity index (χ4v) is 0.955. The van der Waals surface area contributed by atoms with E-state index in [1.54, 1.807) is 0 Å². The molecule has 1 atom stereocenters. The van der Waals surface area contributed by atoms with Crippen molar-refractivity contribution in [3.8, 4) is 0 Å². The SMILES string of the molecule is C=C(c1ccccc1)[C@@H](O)CO. The molecule has 0 aliphatic carbocycles. The van der Waals surface area contributed by atoms with Crippen molar-refractivity contribution in [1.82, 2.24) is 0 Å². The lowest BCUT2D eigenvalue weighted by molar-refractivity contribution is 0.138. The molecule has 0 saturated carbocycles. The zero-order chi connectivity index (χ0) is 8.97. The molecule has 0 bridgehead atoms. The van der Waals surface area contributed by atoms with Gasteiger partial charge in [0, 0.05) is 0 Å². The molecule has 64 valence electrons. The average Bonchev–Trinajstić information content (AvgIpc) is 2.17. The number of hydrogen-bond donors (Lipinski definition) is 2. The van der Waals surface area contributed by atoms with Crippen LogP contribution in [0.4, 0.5) is 0 Å². The molecule has 1 aromatic carbocycles. The summed E-state index contributed by atoms with van der Waals surface area (Å²) >= 11 is 0. The van der Waals surface area contributed by atoms with E-state index < -0.39 is 6.10 Å². The van der Waals surface area contributed by atoms with Gasteiger partial charge >= 0.3 is 0 Å². The molecule has 2 heteroatoms. The molecule has 0 radical (unpaired) electrons. The lowest BCUT2D eigenvalue weighted by Gasteiger charge is -2.10. The molecule has 0 aromatic heterocycles. The van der Waals surface area contributed by atoms with Gasteiger partial charge in [-0.2, -0.15) is 0 Å². The van der Waals surface area contributed by atoms with Crippen LogP contribution in [0.3, 0.4) is 0 Å². The maximum atomic E-state index is 9.23. The van der Waals surface area contributed by atoms with Gasteiger partial charge in [0.2, 0.25) is 0 Å². The van der Waals surface area contributed by atoms with Crippen LogP contribution in [0.5, 0.6) is 0 Å². The third-order valence-electron chi connectivity index (χ3n) is 1.72. The molecule has 0 saturated heterocycles. The van der Waals surface area contributed by atoms with Crippen LogP contribution in [0.15, 0.2) is 36.9 Å². The van der Waals surface area contributed by atoms with E-state index in [0.29, 0.717) is 5.57 Å². The normalized spacial score (nSPS) is 12.5. The van der Waals surface area contributed by atoms with Gasteiger partial charge in [-0.3, -0.25) is 0 Å². The number of hydrogen-bond acceptors (Lipinski definition) is 2. The van der Waals surface area contributed by atoms with E-state index in [9.17, 15) is 5.11 Å². The molecule has 0 fully saturated rings. The number of aliphatic hydroxyl groups is 2. The van der Waals surface area contributed by atoms with E-state index in [-0.39, 0.29) is 6.61 Å². The summed E-state index contributed by atoms with van der Waals surface area (Å²) in [6.45, 7) is 3.40. The molecule has 0 heterocycles. The lowest BCUT2D eigenvalue weighted by atomic mass is 10.0. The summed E-state index contributed by atoms with van der Waals surface area (Å²) in [6.07, 6.45) is -0.854. The van der Waals surface area contributed by atoms with E-state index in [4.69, 9.17) is 5.11 Å². The zero-order valence-corrected chi connectivity index (χ0v) is 6.77. The van der Waals surface area contributed by atoms with Crippen molar-refractivity contribution >= 4 is 5.57 Å². The summed E-state index contributed by atoms with van der Waals surface area (Å²) in [5, 5.41) is 17.9. The first kappa shape index (κ1) is 8.97. The summed E-state index contributed by atoms with van der Waals surface area (Å²) in [7, 11) is 0. The zero-order valence-electron chi connectivity index (χ0n) is 6.77. The number of benzene rings is 1. The third-order valence-corrected chi connectivity index (χ3v) is 1.72. The van der Waals surface area contributed by atoms with Gasteiger partial charge in [0.25, 0.3) is 0 Å². The van der Waals surface area contributed by atoms with Gasteiger partial charge in [-0.25, -0.2) is 0 Å². The Balaban J connectivity index is 2.79. The van der Waals surface area contributed by atoms with E-state index in [0.717, 1.165) is 5.56 Å². The molecule has 0 aliphatic rings. The minimum Gasteiger partial charge on any atom is -0.393 e. The monoisotopic (exact) mass is 164 g/mol. The predicted octanol–water partition coefficient (Wildman–Crippen LogP) is 1.05. The highest BCUT2D eigenvalue weighted by Crippen LogP contribution is 2.14. The maximum absolute atomic E-state index is 9.23. The molecule has 12 heavy (non-hydrogen) atoms. The summed E-state index contributed by atoms with van der Waals surface area (Å²) in [5.74, 6) is 0. The van der Waals surface area contributed by atoms with Crippen LogP contribution >= 0.6 is 0 Å². The van der Waals surface area contributed by atoms with Crippen molar-refractivity contribution in [2.45, 2.75) is 6.10 Å². The first-order chi connectivity index (χ1) is 5.75. The van der Waals surface area contributed by atoms with Gasteiger partial charge in [-0.05, 0) is 11.1 Å². The molecule has 0 unspecified atom stereocenters. The molecule has 0 aliphatic heterocycles. The highest BCUT2D eigenvalue weighted by atomic mass is 16.3. The van der Waals surface area contributed by atoms with Gasteiger partial charge in [0.15, 0.2) is 0 Å². The third kappa shape index (κ3) is 1.94. The molecule has 2 nitrogen and oxygen atoms in total. The molecule has 0 amide bonds. The minimum atomic E-state index is -0.854. The van der Waals surface area contributed by atoms with E-state index in [1.165, 1.54) is 0 Å². The maximum Gasteiger partial charge on any atom is 0.102 e. The van der Waals surface area contributed by atoms with Crippen LogP contribution in [0.25, 0.3) is 5.57 Å². The van der Waals surface area contributed by atoms with Crippen molar-refractivity contribution in [3.05, 3.63) is 42.5 Å². The fraction of sp³-hybridized carbons (Fsp3) is 0.200. The Morgan fingerprint density at radius 1 is 1.33 bits per heavy atom. The second kappa shape index (κ2) is 4.04. The van der Waals surface area contributed by atoms with Crippen LogP contribution in [-0.2, 0) is 0 Å². The van der Waals surface area contributed by atoms with Crippen LogP contribution in [0, 0.1) is 0 Å². The highest BCUT2D eigenvalue weighted by Gasteiger charge is 2.07. The van der Waals surface area contributed by atoms with Crippen molar-refractivity contribution in [3.63, 3.8) is 0 Å². The molecular formula is C10H12O2. The molecule has 2 N–H and O–H groups in total. The Morgan fingerprint density at radius 3 is 2.42 bits per heavy atom. The Hall–Kier alpha value is -1.12. The molecule has 1 rings (SSSR count). The topological polar surface area (TPSA) is 40.5 Å². The van der Waals surface area contributed by atoms with Crippen LogP contribution in [-0.4, -0.2) is 22.9 Å². The second-order valence-corrected chi connectivity index (χ2v) is 2.59. The van der Waals surface area contributed by atoms with Crippen LogP contribution in [0.2, 0.25) is 0 Å². The first-order valence-electron chi connectivity index (χ1n) is 3.79. The fourth-order valence-electron chi connectivity index (χ4n) is 0.955. The molecule has 0 spiro atoms. The summed E-state index contributed by atoms with van der Waals surface area (Å²) in [5.41, 5.74) is 1.41. The summed E-state index contributed by atoms with van der Waals surface area (Å²) in [6, 6.07) is 9.32. The van der Waals surface area contributed by atoms with Crippen molar-refractivity contribution in [1.29, 1.82) is 0 Å². The van der Waals surface area contributed by atoms with Gasteiger partial charge in [0.1, 0.15) is 6.10 Å². The standard InChI is InChI=1S/C10H12O2/c1-8(10(12)7-11)9-5-3-2-4-6-9/h2-6,10-12H,1,7H2/t10-/m0/s1. The largest absolute Gasteiger partial charge is 0.393 e. The number of rotatable bonds is 3. The Bertz CT molecular complexity index is 254. The average molecular weight is 164 g/mol. The van der Waals surface area contributed by atoms with E-state index in [2.05, 4.69) is 6.58 Å². The van der Waals surface area contributed by atoms with Gasteiger partial charge in [-0.15, -0.1) is 0 Å². The van der Waals surface area contributed by atoms with Crippen LogP contribution < -0.4 is 0 Å². The van der Waals surface area contributed by atoms with E-state index in [1.807, 2.05) is 30.3 Å².